The van der Waals surface area contributed by atoms with E-state index in [-0.39, 0.29) is 5.91 Å². The summed E-state index contributed by atoms with van der Waals surface area (Å²) in [5.41, 5.74) is 2.39. The molecule has 1 aromatic heterocycles. The zero-order chi connectivity index (χ0) is 19.2. The van der Waals surface area contributed by atoms with Crippen LogP contribution in [-0.4, -0.2) is 24.1 Å². The van der Waals surface area contributed by atoms with Gasteiger partial charge in [0.1, 0.15) is 5.69 Å². The number of pyridine rings is 1. The Hall–Kier alpha value is -2.08. The molecule has 2 aromatic rings. The molecule has 1 amide bonds. The van der Waals surface area contributed by atoms with E-state index < -0.39 is 0 Å². The maximum absolute atomic E-state index is 12.9. The van der Waals surface area contributed by atoms with Gasteiger partial charge in [-0.05, 0) is 36.6 Å². The summed E-state index contributed by atoms with van der Waals surface area (Å²) in [6.07, 6.45) is 4.00. The predicted octanol–water partition coefficient (Wildman–Crippen LogP) is 5.36. The van der Waals surface area contributed by atoms with E-state index in [4.69, 9.17) is 9.47 Å². The minimum atomic E-state index is -0.0342. The number of nitrogens with zero attached hydrogens (tertiary/aromatic N) is 2. The van der Waals surface area contributed by atoms with Crippen molar-refractivity contribution in [1.29, 1.82) is 0 Å². The molecule has 1 aliphatic heterocycles. The van der Waals surface area contributed by atoms with Gasteiger partial charge in [-0.15, -0.1) is 0 Å². The van der Waals surface area contributed by atoms with Gasteiger partial charge in [0.25, 0.3) is 5.91 Å². The van der Waals surface area contributed by atoms with Crippen molar-refractivity contribution in [3.63, 3.8) is 0 Å². The second-order valence-corrected chi connectivity index (χ2v) is 7.39. The third-order valence-corrected chi connectivity index (χ3v) is 5.24. The van der Waals surface area contributed by atoms with Crippen LogP contribution in [0.15, 0.2) is 34.8 Å². The van der Waals surface area contributed by atoms with Crippen molar-refractivity contribution in [2.24, 2.45) is 0 Å². The van der Waals surface area contributed by atoms with Crippen molar-refractivity contribution in [3.8, 4) is 11.8 Å². The average Bonchev–Trinajstić information content (AvgIpc) is 3.01. The average molecular weight is 433 g/mol. The minimum absolute atomic E-state index is 0.0342. The fourth-order valence-corrected chi connectivity index (χ4v) is 3.42. The highest BCUT2D eigenvalue weighted by Gasteiger charge is 2.32. The molecule has 6 heteroatoms. The van der Waals surface area contributed by atoms with Crippen molar-refractivity contribution in [1.82, 2.24) is 4.98 Å². The number of anilines is 1. The highest BCUT2D eigenvalue weighted by molar-refractivity contribution is 9.10. The Kier molecular flexibility index (Phi) is 6.72. The Morgan fingerprint density at radius 2 is 1.81 bits per heavy atom. The number of hydrogen-bond donors (Lipinski definition) is 0. The fraction of sp³-hybridized carbons (Fsp3) is 0.429. The summed E-state index contributed by atoms with van der Waals surface area (Å²) in [5, 5.41) is 0. The summed E-state index contributed by atoms with van der Waals surface area (Å²) in [4.78, 5) is 19.2. The number of benzene rings is 1. The van der Waals surface area contributed by atoms with Gasteiger partial charge in [0.2, 0.25) is 11.8 Å². The topological polar surface area (TPSA) is 51.7 Å². The zero-order valence-corrected chi connectivity index (χ0v) is 17.4. The van der Waals surface area contributed by atoms with Crippen LogP contribution in [0.4, 0.5) is 5.69 Å². The van der Waals surface area contributed by atoms with Crippen LogP contribution < -0.4 is 14.4 Å². The van der Waals surface area contributed by atoms with Gasteiger partial charge in [-0.25, -0.2) is 0 Å². The van der Waals surface area contributed by atoms with Crippen molar-refractivity contribution in [2.45, 2.75) is 46.1 Å². The van der Waals surface area contributed by atoms with Crippen LogP contribution in [0.25, 0.3) is 0 Å². The molecule has 0 saturated heterocycles. The van der Waals surface area contributed by atoms with Crippen LogP contribution in [0.3, 0.4) is 0 Å². The number of aromatic nitrogens is 1. The number of fused-ring (bicyclic) bond motifs is 1. The molecule has 27 heavy (non-hydrogen) atoms. The molecular formula is C21H25BrN2O3. The second-order valence-electron chi connectivity index (χ2n) is 6.54. The summed E-state index contributed by atoms with van der Waals surface area (Å²) in [7, 11) is 0. The van der Waals surface area contributed by atoms with Crippen LogP contribution >= 0.6 is 15.9 Å². The van der Waals surface area contributed by atoms with Gasteiger partial charge in [0.05, 0.1) is 19.8 Å². The lowest BCUT2D eigenvalue weighted by Gasteiger charge is -2.20. The monoisotopic (exact) mass is 432 g/mol. The number of ether oxygens (including phenoxy) is 2. The van der Waals surface area contributed by atoms with E-state index in [0.29, 0.717) is 42.8 Å². The standard InChI is InChI=1S/C21H25BrN2O3/c1-3-5-12-26-19-11-10-18(20(23-19)27-13-6-4-2)24-14-16-15(21(24)25)8-7-9-17(16)22/h7-11H,3-6,12-14H2,1-2H3. The molecule has 0 spiro atoms. The highest BCUT2D eigenvalue weighted by atomic mass is 79.9. The molecule has 0 bridgehead atoms. The number of hydrogen-bond acceptors (Lipinski definition) is 4. The number of carbonyl (C=O) groups excluding carboxylic acids is 1. The number of carbonyl (C=O) groups is 1. The van der Waals surface area contributed by atoms with Crippen molar-refractivity contribution >= 4 is 27.5 Å². The minimum Gasteiger partial charge on any atom is -0.478 e. The summed E-state index contributed by atoms with van der Waals surface area (Å²) >= 11 is 3.55. The molecule has 0 fully saturated rings. The van der Waals surface area contributed by atoms with Gasteiger partial charge >= 0.3 is 0 Å². The van der Waals surface area contributed by atoms with Crippen molar-refractivity contribution < 1.29 is 14.3 Å². The quantitative estimate of drug-likeness (QED) is 0.500. The molecule has 0 saturated carbocycles. The molecule has 1 aliphatic rings. The smallest absolute Gasteiger partial charge is 0.259 e. The lowest BCUT2D eigenvalue weighted by atomic mass is 10.1. The Morgan fingerprint density at radius 1 is 1.07 bits per heavy atom. The van der Waals surface area contributed by atoms with E-state index in [1.165, 1.54) is 0 Å². The van der Waals surface area contributed by atoms with Crippen LogP contribution in [0.1, 0.15) is 55.5 Å². The van der Waals surface area contributed by atoms with E-state index in [1.54, 1.807) is 4.90 Å². The van der Waals surface area contributed by atoms with Gasteiger partial charge in [0, 0.05) is 16.1 Å². The van der Waals surface area contributed by atoms with E-state index in [9.17, 15) is 4.79 Å². The summed E-state index contributed by atoms with van der Waals surface area (Å²) < 4.78 is 12.6. The molecule has 0 aliphatic carbocycles. The summed E-state index contributed by atoms with van der Waals surface area (Å²) in [6, 6.07) is 9.37. The van der Waals surface area contributed by atoms with Crippen LogP contribution in [-0.2, 0) is 6.54 Å². The van der Waals surface area contributed by atoms with E-state index >= 15 is 0 Å². The van der Waals surface area contributed by atoms with Gasteiger partial charge in [-0.2, -0.15) is 4.98 Å². The Morgan fingerprint density at radius 3 is 2.52 bits per heavy atom. The molecule has 1 aromatic carbocycles. The molecule has 5 nitrogen and oxygen atoms in total. The van der Waals surface area contributed by atoms with Crippen LogP contribution in [0.2, 0.25) is 0 Å². The first-order valence-corrected chi connectivity index (χ1v) is 10.3. The molecule has 2 heterocycles. The SMILES string of the molecule is CCCCOc1ccc(N2Cc3c(Br)cccc3C2=O)c(OCCCC)n1. The number of amides is 1. The Balaban J connectivity index is 1.87. The first-order chi connectivity index (χ1) is 13.2. The third-order valence-electron chi connectivity index (χ3n) is 4.50. The first-order valence-electron chi connectivity index (χ1n) is 9.51. The zero-order valence-electron chi connectivity index (χ0n) is 15.8. The van der Waals surface area contributed by atoms with E-state index in [1.807, 2.05) is 30.3 Å². The molecule has 144 valence electrons. The molecule has 0 atom stereocenters. The first kappa shape index (κ1) is 19.7. The van der Waals surface area contributed by atoms with Crippen molar-refractivity contribution in [3.05, 3.63) is 45.9 Å². The number of rotatable bonds is 9. The Bertz CT molecular complexity index is 810. The number of halogens is 1. The van der Waals surface area contributed by atoms with Gasteiger partial charge in [-0.3, -0.25) is 9.69 Å². The maximum Gasteiger partial charge on any atom is 0.259 e. The van der Waals surface area contributed by atoms with Gasteiger partial charge in [-0.1, -0.05) is 48.7 Å². The van der Waals surface area contributed by atoms with Gasteiger partial charge in [0.15, 0.2) is 0 Å². The summed E-state index contributed by atoms with van der Waals surface area (Å²) in [6.45, 7) is 5.91. The molecule has 3 rings (SSSR count). The fourth-order valence-electron chi connectivity index (χ4n) is 2.93. The third kappa shape index (κ3) is 4.43. The lowest BCUT2D eigenvalue weighted by molar-refractivity contribution is 0.0995. The molecule has 0 radical (unpaired) electrons. The van der Waals surface area contributed by atoms with E-state index in [0.717, 1.165) is 35.7 Å². The lowest BCUT2D eigenvalue weighted by Crippen LogP contribution is -2.24. The molecular weight excluding hydrogens is 408 g/mol. The predicted molar refractivity (Wildman–Crippen MR) is 110 cm³/mol. The van der Waals surface area contributed by atoms with Crippen LogP contribution in [0.5, 0.6) is 11.8 Å². The van der Waals surface area contributed by atoms with Crippen molar-refractivity contribution in [2.75, 3.05) is 18.1 Å². The highest BCUT2D eigenvalue weighted by Crippen LogP contribution is 2.37. The normalized spacial score (nSPS) is 13.0. The second kappa shape index (κ2) is 9.22. The van der Waals surface area contributed by atoms with Gasteiger partial charge < -0.3 is 9.47 Å². The number of unbranched alkanes of at least 4 members (excludes halogenated alkanes) is 2. The molecule has 0 unspecified atom stereocenters. The van der Waals surface area contributed by atoms with Crippen LogP contribution in [0, 0.1) is 0 Å². The Labute approximate surface area is 168 Å². The maximum atomic E-state index is 12.9. The largest absolute Gasteiger partial charge is 0.478 e. The summed E-state index contributed by atoms with van der Waals surface area (Å²) in [5.74, 6) is 0.951. The van der Waals surface area contributed by atoms with E-state index in [2.05, 4.69) is 34.8 Å². The molecule has 0 N–H and O–H groups in total.